The standard InChI is InChI=1S/C24H31N9O2/c1-35-18-3-2-10-33(15-18)20-5-4-17(14-28-20)29-23-21(22(27)34)19(13-26)30-24(31-23)32-11-7-16(6-9-25)8-12-32/h4-5,13-14,16,18,26H,2-3,6-8,10-12,15H2,1H3,(H2,27,34)(H,29,30,31). The van der Waals surface area contributed by atoms with Crippen molar-refractivity contribution in [3.8, 4) is 6.07 Å². The molecule has 1 atom stereocenters. The molecule has 4 heterocycles. The highest BCUT2D eigenvalue weighted by Crippen LogP contribution is 2.28. The maximum Gasteiger partial charge on any atom is 0.254 e. The number of nitrogens with zero attached hydrogens (tertiary/aromatic N) is 6. The summed E-state index contributed by atoms with van der Waals surface area (Å²) in [6.45, 7) is 3.13. The van der Waals surface area contributed by atoms with Gasteiger partial charge in [0.25, 0.3) is 5.91 Å². The molecule has 11 heteroatoms. The second-order valence-corrected chi connectivity index (χ2v) is 8.91. The fraction of sp³-hybridized carbons (Fsp3) is 0.500. The van der Waals surface area contributed by atoms with Crippen LogP contribution in [0.2, 0.25) is 0 Å². The maximum atomic E-state index is 12.2. The average molecular weight is 478 g/mol. The third kappa shape index (κ3) is 5.66. The number of nitrogens with one attached hydrogen (secondary N) is 2. The molecule has 0 radical (unpaired) electrons. The van der Waals surface area contributed by atoms with Crippen molar-refractivity contribution < 1.29 is 9.53 Å². The predicted molar refractivity (Wildman–Crippen MR) is 133 cm³/mol. The number of pyridine rings is 1. The van der Waals surface area contributed by atoms with E-state index in [0.717, 1.165) is 50.8 Å². The Morgan fingerprint density at radius 2 is 2.09 bits per heavy atom. The predicted octanol–water partition coefficient (Wildman–Crippen LogP) is 2.46. The molecule has 0 spiro atoms. The van der Waals surface area contributed by atoms with Crippen LogP contribution in [0.15, 0.2) is 18.3 Å². The molecular formula is C24H31N9O2. The number of rotatable bonds is 8. The van der Waals surface area contributed by atoms with Gasteiger partial charge in [0, 0.05) is 45.9 Å². The summed E-state index contributed by atoms with van der Waals surface area (Å²) in [5.41, 5.74) is 6.50. The molecule has 2 aliphatic heterocycles. The van der Waals surface area contributed by atoms with Gasteiger partial charge in [0.15, 0.2) is 0 Å². The van der Waals surface area contributed by atoms with Crippen molar-refractivity contribution in [1.82, 2.24) is 15.0 Å². The third-order valence-corrected chi connectivity index (χ3v) is 6.63. The van der Waals surface area contributed by atoms with Crippen molar-refractivity contribution in [3.05, 3.63) is 29.6 Å². The lowest BCUT2D eigenvalue weighted by Gasteiger charge is -2.32. The van der Waals surface area contributed by atoms with Gasteiger partial charge in [-0.3, -0.25) is 4.79 Å². The summed E-state index contributed by atoms with van der Waals surface area (Å²) in [6.07, 6.45) is 7.27. The Hall–Kier alpha value is -3.78. The zero-order chi connectivity index (χ0) is 24.8. The van der Waals surface area contributed by atoms with E-state index < -0.39 is 5.91 Å². The fourth-order valence-electron chi connectivity index (χ4n) is 4.63. The molecule has 0 bridgehead atoms. The van der Waals surface area contributed by atoms with Crippen molar-refractivity contribution in [1.29, 1.82) is 10.7 Å². The van der Waals surface area contributed by atoms with Crippen LogP contribution in [0.1, 0.15) is 48.2 Å². The molecule has 2 fully saturated rings. The first-order valence-corrected chi connectivity index (χ1v) is 11.9. The van der Waals surface area contributed by atoms with E-state index >= 15 is 0 Å². The number of piperidine rings is 2. The van der Waals surface area contributed by atoms with E-state index in [1.807, 2.05) is 17.0 Å². The van der Waals surface area contributed by atoms with Gasteiger partial charge in [-0.1, -0.05) is 0 Å². The molecule has 0 saturated carbocycles. The normalized spacial score (nSPS) is 18.7. The smallest absolute Gasteiger partial charge is 0.254 e. The van der Waals surface area contributed by atoms with Crippen molar-refractivity contribution in [2.24, 2.45) is 11.7 Å². The van der Waals surface area contributed by atoms with Crippen LogP contribution in [0, 0.1) is 22.7 Å². The van der Waals surface area contributed by atoms with Crippen molar-refractivity contribution in [2.45, 2.75) is 38.2 Å². The highest BCUT2D eigenvalue weighted by Gasteiger charge is 2.25. The molecule has 2 aromatic heterocycles. The zero-order valence-corrected chi connectivity index (χ0v) is 19.9. The Labute approximate surface area is 204 Å². The summed E-state index contributed by atoms with van der Waals surface area (Å²) in [4.78, 5) is 30.1. The maximum absolute atomic E-state index is 12.2. The number of methoxy groups -OCH3 is 1. The molecule has 184 valence electrons. The zero-order valence-electron chi connectivity index (χ0n) is 19.9. The first-order valence-electron chi connectivity index (χ1n) is 11.9. The molecule has 0 aromatic carbocycles. The number of hydrogen-bond acceptors (Lipinski definition) is 10. The third-order valence-electron chi connectivity index (χ3n) is 6.63. The summed E-state index contributed by atoms with van der Waals surface area (Å²) in [5.74, 6) is 1.18. The molecule has 2 aliphatic rings. The van der Waals surface area contributed by atoms with E-state index in [-0.39, 0.29) is 23.2 Å². The molecule has 0 aliphatic carbocycles. The molecule has 35 heavy (non-hydrogen) atoms. The molecule has 11 nitrogen and oxygen atoms in total. The van der Waals surface area contributed by atoms with Gasteiger partial charge in [-0.15, -0.1) is 0 Å². The van der Waals surface area contributed by atoms with Crippen molar-refractivity contribution in [3.63, 3.8) is 0 Å². The molecular weight excluding hydrogens is 446 g/mol. The molecule has 2 saturated heterocycles. The number of anilines is 4. The van der Waals surface area contributed by atoms with Crippen LogP contribution in [0.25, 0.3) is 0 Å². The number of carbonyl (C=O) groups is 1. The van der Waals surface area contributed by atoms with Gasteiger partial charge in [0.2, 0.25) is 5.95 Å². The molecule has 4 N–H and O–H groups in total. The second kappa shape index (κ2) is 11.1. The number of nitriles is 1. The van der Waals surface area contributed by atoms with Crippen LogP contribution < -0.4 is 20.9 Å². The highest BCUT2D eigenvalue weighted by molar-refractivity contribution is 6.04. The fourth-order valence-corrected chi connectivity index (χ4v) is 4.63. The topological polar surface area (TPSA) is 157 Å². The number of ether oxygens (including phenoxy) is 1. The SMILES string of the molecule is COC1CCCN(c2ccc(Nc3nc(N4CCC(CC#N)CC4)nc(C=N)c3C(N)=O)cn2)C1. The van der Waals surface area contributed by atoms with Gasteiger partial charge in [-0.25, -0.2) is 9.97 Å². The monoisotopic (exact) mass is 477 g/mol. The van der Waals surface area contributed by atoms with E-state index in [4.69, 9.17) is 21.1 Å². The van der Waals surface area contributed by atoms with Gasteiger partial charge in [-0.05, 0) is 43.7 Å². The van der Waals surface area contributed by atoms with Gasteiger partial charge in [0.1, 0.15) is 22.9 Å². The Kier molecular flexibility index (Phi) is 7.72. The summed E-state index contributed by atoms with van der Waals surface area (Å²) < 4.78 is 5.51. The second-order valence-electron chi connectivity index (χ2n) is 8.91. The number of aromatic nitrogens is 3. The first kappa shape index (κ1) is 24.3. The lowest BCUT2D eigenvalue weighted by atomic mass is 9.94. The number of hydrogen-bond donors (Lipinski definition) is 3. The Bertz CT molecular complexity index is 1090. The van der Waals surface area contributed by atoms with Gasteiger partial charge >= 0.3 is 0 Å². The average Bonchev–Trinajstić information content (AvgIpc) is 2.89. The van der Waals surface area contributed by atoms with E-state index in [1.165, 1.54) is 0 Å². The Morgan fingerprint density at radius 3 is 2.71 bits per heavy atom. The molecule has 4 rings (SSSR count). The number of nitrogens with two attached hydrogens (primary N) is 1. The van der Waals surface area contributed by atoms with Crippen LogP contribution in [-0.4, -0.2) is 66.5 Å². The number of amides is 1. The van der Waals surface area contributed by atoms with Crippen LogP contribution in [0.4, 0.5) is 23.3 Å². The van der Waals surface area contributed by atoms with E-state index in [2.05, 4.69) is 31.2 Å². The van der Waals surface area contributed by atoms with E-state index in [1.54, 1.807) is 13.3 Å². The largest absolute Gasteiger partial charge is 0.380 e. The lowest BCUT2D eigenvalue weighted by Crippen LogP contribution is -2.39. The minimum atomic E-state index is -0.714. The number of primary amides is 1. The van der Waals surface area contributed by atoms with E-state index in [0.29, 0.717) is 37.1 Å². The van der Waals surface area contributed by atoms with Crippen LogP contribution in [-0.2, 0) is 4.74 Å². The molecule has 1 unspecified atom stereocenters. The van der Waals surface area contributed by atoms with Gasteiger partial charge in [0.05, 0.1) is 24.1 Å². The summed E-state index contributed by atoms with van der Waals surface area (Å²) >= 11 is 0. The van der Waals surface area contributed by atoms with Crippen LogP contribution >= 0.6 is 0 Å². The molecule has 2 aromatic rings. The summed E-state index contributed by atoms with van der Waals surface area (Å²) in [6, 6.07) is 6.04. The van der Waals surface area contributed by atoms with Crippen molar-refractivity contribution >= 4 is 35.4 Å². The molecule has 1 amide bonds. The lowest BCUT2D eigenvalue weighted by molar-refractivity contribution is 0.0891. The Morgan fingerprint density at radius 1 is 1.29 bits per heavy atom. The van der Waals surface area contributed by atoms with Crippen LogP contribution in [0.5, 0.6) is 0 Å². The summed E-state index contributed by atoms with van der Waals surface area (Å²) in [5, 5.41) is 19.9. The minimum absolute atomic E-state index is 0.0613. The van der Waals surface area contributed by atoms with Gasteiger partial charge in [-0.2, -0.15) is 10.2 Å². The number of carbonyl (C=O) groups excluding carboxylic acids is 1. The Balaban J connectivity index is 1.56. The van der Waals surface area contributed by atoms with Crippen molar-refractivity contribution in [2.75, 3.05) is 48.4 Å². The summed E-state index contributed by atoms with van der Waals surface area (Å²) in [7, 11) is 1.73. The first-order chi connectivity index (χ1) is 17.0. The van der Waals surface area contributed by atoms with E-state index in [9.17, 15) is 4.79 Å². The highest BCUT2D eigenvalue weighted by atomic mass is 16.5. The van der Waals surface area contributed by atoms with Crippen LogP contribution in [0.3, 0.4) is 0 Å². The quantitative estimate of drug-likeness (QED) is 0.486. The minimum Gasteiger partial charge on any atom is -0.380 e. The van der Waals surface area contributed by atoms with Gasteiger partial charge < -0.3 is 31.0 Å².